The number of carboxylic acid groups (broad SMARTS) is 2. The van der Waals surface area contributed by atoms with Gasteiger partial charge in [-0.15, -0.1) is 0 Å². The number of nitrogens with two attached hydrogens (primary N) is 2. The fourth-order valence-corrected chi connectivity index (χ4v) is 1.78. The van der Waals surface area contributed by atoms with Crippen molar-refractivity contribution in [1.82, 2.24) is 0 Å². The van der Waals surface area contributed by atoms with Gasteiger partial charge in [0.2, 0.25) is 6.10 Å². The molecule has 0 amide bonds. The number of carbonyl (C=O) groups excluding carboxylic acids is 2. The van der Waals surface area contributed by atoms with Gasteiger partial charge in [0.25, 0.3) is 0 Å². The Morgan fingerprint density at radius 2 is 1.27 bits per heavy atom. The molecule has 0 spiro atoms. The van der Waals surface area contributed by atoms with E-state index in [4.69, 9.17) is 16.6 Å². The molecule has 0 aliphatic heterocycles. The van der Waals surface area contributed by atoms with Crippen molar-refractivity contribution in [1.29, 1.82) is 0 Å². The standard InChI is InChI=1S/C12H20N2O10S2/c13-3(1-25)11(21)23-7(5(15)6(16)9(17)18)8(10(19)20)24-12(22)4(14)2-26/h3-8,15-16,25-26H,1-2,13-14H2,(H,17,18)(H,19,20)/t3-,4-,5-,6-,7-,8+/m0/s1. The van der Waals surface area contributed by atoms with E-state index in [2.05, 4.69) is 34.7 Å². The molecule has 0 radical (unpaired) electrons. The van der Waals surface area contributed by atoms with E-state index in [0.717, 1.165) is 0 Å². The predicted molar refractivity (Wildman–Crippen MR) is 90.7 cm³/mol. The van der Waals surface area contributed by atoms with Gasteiger partial charge in [-0.1, -0.05) is 0 Å². The Balaban J connectivity index is 5.73. The molecule has 14 heteroatoms. The summed E-state index contributed by atoms with van der Waals surface area (Å²) in [4.78, 5) is 45.7. The van der Waals surface area contributed by atoms with E-state index in [-0.39, 0.29) is 11.5 Å². The number of ether oxygens (including phenoxy) is 2. The van der Waals surface area contributed by atoms with Crippen molar-refractivity contribution < 1.29 is 49.1 Å². The highest BCUT2D eigenvalue weighted by Gasteiger charge is 2.45. The van der Waals surface area contributed by atoms with Crippen LogP contribution in [0.2, 0.25) is 0 Å². The normalized spacial score (nSPS) is 17.9. The number of aliphatic hydroxyl groups is 2. The third kappa shape index (κ3) is 6.97. The zero-order chi connectivity index (χ0) is 20.6. The average Bonchev–Trinajstić information content (AvgIpc) is 2.60. The monoisotopic (exact) mass is 416 g/mol. The molecule has 0 saturated carbocycles. The summed E-state index contributed by atoms with van der Waals surface area (Å²) in [6, 6.07) is -2.71. The summed E-state index contributed by atoms with van der Waals surface area (Å²) in [6.07, 6.45) is -9.70. The maximum atomic E-state index is 11.8. The molecule has 0 aromatic heterocycles. The lowest BCUT2D eigenvalue weighted by Gasteiger charge is -2.30. The maximum Gasteiger partial charge on any atom is 0.349 e. The summed E-state index contributed by atoms with van der Waals surface area (Å²) in [7, 11) is 0. The second-order valence-electron chi connectivity index (χ2n) is 4.95. The van der Waals surface area contributed by atoms with Gasteiger partial charge in [0.15, 0.2) is 12.2 Å². The molecule has 8 N–H and O–H groups in total. The Morgan fingerprint density at radius 3 is 1.62 bits per heavy atom. The molecular formula is C12H20N2O10S2. The third-order valence-electron chi connectivity index (χ3n) is 2.95. The van der Waals surface area contributed by atoms with Crippen molar-refractivity contribution in [2.45, 2.75) is 36.5 Å². The quantitative estimate of drug-likeness (QED) is 0.120. The molecular weight excluding hydrogens is 396 g/mol. The number of hydrogen-bond donors (Lipinski definition) is 8. The van der Waals surface area contributed by atoms with Crippen LogP contribution in [0.1, 0.15) is 0 Å². The summed E-state index contributed by atoms with van der Waals surface area (Å²) >= 11 is 7.46. The first-order valence-corrected chi connectivity index (χ1v) is 8.19. The van der Waals surface area contributed by atoms with Crippen LogP contribution in [0, 0.1) is 0 Å². The highest BCUT2D eigenvalue weighted by atomic mass is 32.1. The molecule has 0 saturated heterocycles. The molecule has 26 heavy (non-hydrogen) atoms. The number of rotatable bonds is 11. The largest absolute Gasteiger partial charge is 0.479 e. The van der Waals surface area contributed by atoms with Crippen molar-refractivity contribution in [2.24, 2.45) is 11.5 Å². The van der Waals surface area contributed by atoms with E-state index in [1.165, 1.54) is 0 Å². The first kappa shape index (κ1) is 24.4. The first-order chi connectivity index (χ1) is 12.0. The molecule has 0 aliphatic rings. The van der Waals surface area contributed by atoms with E-state index < -0.39 is 60.4 Å². The second kappa shape index (κ2) is 11.2. The maximum absolute atomic E-state index is 11.8. The summed E-state index contributed by atoms with van der Waals surface area (Å²) in [5, 5.41) is 37.3. The number of carbonyl (C=O) groups is 4. The van der Waals surface area contributed by atoms with Crippen LogP contribution in [0.4, 0.5) is 0 Å². The van der Waals surface area contributed by atoms with Gasteiger partial charge in [0, 0.05) is 11.5 Å². The van der Waals surface area contributed by atoms with Crippen LogP contribution in [0.5, 0.6) is 0 Å². The molecule has 150 valence electrons. The van der Waals surface area contributed by atoms with E-state index in [1.54, 1.807) is 0 Å². The second-order valence-corrected chi connectivity index (χ2v) is 5.68. The van der Waals surface area contributed by atoms with Crippen molar-refractivity contribution in [3.63, 3.8) is 0 Å². The highest BCUT2D eigenvalue weighted by molar-refractivity contribution is 7.80. The molecule has 0 bridgehead atoms. The predicted octanol–water partition coefficient (Wildman–Crippen LogP) is -3.78. The Bertz CT molecular complexity index is 534. The van der Waals surface area contributed by atoms with Gasteiger partial charge < -0.3 is 41.4 Å². The fourth-order valence-electron chi connectivity index (χ4n) is 1.48. The van der Waals surface area contributed by atoms with Crippen LogP contribution in [0.25, 0.3) is 0 Å². The van der Waals surface area contributed by atoms with Crippen LogP contribution in [-0.2, 0) is 28.7 Å². The molecule has 0 fully saturated rings. The van der Waals surface area contributed by atoms with Gasteiger partial charge in [-0.2, -0.15) is 25.3 Å². The van der Waals surface area contributed by atoms with Gasteiger partial charge in [-0.25, -0.2) is 9.59 Å². The molecule has 0 heterocycles. The van der Waals surface area contributed by atoms with Crippen molar-refractivity contribution >= 4 is 49.1 Å². The van der Waals surface area contributed by atoms with Crippen LogP contribution in [-0.4, -0.2) is 92.3 Å². The van der Waals surface area contributed by atoms with Gasteiger partial charge in [-0.3, -0.25) is 9.59 Å². The van der Waals surface area contributed by atoms with Gasteiger partial charge in [-0.05, 0) is 0 Å². The molecule has 12 nitrogen and oxygen atoms in total. The summed E-state index contributed by atoms with van der Waals surface area (Å²) < 4.78 is 9.25. The lowest BCUT2D eigenvalue weighted by Crippen LogP contribution is -2.55. The number of hydrogen-bond acceptors (Lipinski definition) is 12. The summed E-state index contributed by atoms with van der Waals surface area (Å²) in [6.45, 7) is 0. The van der Waals surface area contributed by atoms with Crippen molar-refractivity contribution in [2.75, 3.05) is 11.5 Å². The lowest BCUT2D eigenvalue weighted by molar-refractivity contribution is -0.196. The summed E-state index contributed by atoms with van der Waals surface area (Å²) in [5.74, 6) is -6.85. The van der Waals surface area contributed by atoms with Crippen LogP contribution in [0.3, 0.4) is 0 Å². The third-order valence-corrected chi connectivity index (χ3v) is 3.74. The zero-order valence-electron chi connectivity index (χ0n) is 13.2. The minimum Gasteiger partial charge on any atom is -0.479 e. The molecule has 0 unspecified atom stereocenters. The van der Waals surface area contributed by atoms with E-state index in [9.17, 15) is 34.5 Å². The summed E-state index contributed by atoms with van der Waals surface area (Å²) in [5.41, 5.74) is 10.7. The van der Waals surface area contributed by atoms with Crippen LogP contribution in [0.15, 0.2) is 0 Å². The topological polar surface area (TPSA) is 220 Å². The number of carboxylic acids is 2. The highest BCUT2D eigenvalue weighted by Crippen LogP contribution is 2.16. The van der Waals surface area contributed by atoms with Crippen LogP contribution < -0.4 is 11.5 Å². The number of aliphatic carboxylic acids is 2. The minimum atomic E-state index is -2.56. The van der Waals surface area contributed by atoms with Gasteiger partial charge >= 0.3 is 23.9 Å². The van der Waals surface area contributed by atoms with Gasteiger partial charge in [0.1, 0.15) is 18.2 Å². The molecule has 0 aromatic rings. The van der Waals surface area contributed by atoms with Gasteiger partial charge in [0.05, 0.1) is 0 Å². The lowest BCUT2D eigenvalue weighted by atomic mass is 10.0. The zero-order valence-corrected chi connectivity index (χ0v) is 15.0. The number of aliphatic hydroxyl groups excluding tert-OH is 2. The molecule has 0 aliphatic carbocycles. The Labute approximate surface area is 158 Å². The average molecular weight is 416 g/mol. The van der Waals surface area contributed by atoms with Crippen molar-refractivity contribution in [3.05, 3.63) is 0 Å². The minimum absolute atomic E-state index is 0.222. The molecule has 0 aromatic carbocycles. The van der Waals surface area contributed by atoms with Crippen LogP contribution >= 0.6 is 25.3 Å². The molecule has 6 atom stereocenters. The van der Waals surface area contributed by atoms with E-state index in [1.807, 2.05) is 0 Å². The Hall–Kier alpha value is -1.58. The SMILES string of the molecule is N[C@@H](CS)C(=O)O[C@@H]([C@@H](O)[C@H](O)C(=O)O)[C@@H](OC(=O)[C@@H](N)CS)C(=O)O. The number of thiol groups is 2. The van der Waals surface area contributed by atoms with E-state index >= 15 is 0 Å². The smallest absolute Gasteiger partial charge is 0.349 e. The fraction of sp³-hybridized carbons (Fsp3) is 0.667. The Morgan fingerprint density at radius 1 is 0.846 bits per heavy atom. The molecule has 0 rings (SSSR count). The Kier molecular flexibility index (Phi) is 10.5. The van der Waals surface area contributed by atoms with E-state index in [0.29, 0.717) is 0 Å². The van der Waals surface area contributed by atoms with Crippen molar-refractivity contribution in [3.8, 4) is 0 Å². The number of esters is 2. The first-order valence-electron chi connectivity index (χ1n) is 6.93.